The summed E-state index contributed by atoms with van der Waals surface area (Å²) in [7, 11) is 0. The van der Waals surface area contributed by atoms with E-state index >= 15 is 0 Å². The summed E-state index contributed by atoms with van der Waals surface area (Å²) >= 11 is 3.51. The summed E-state index contributed by atoms with van der Waals surface area (Å²) in [6, 6.07) is 8.58. The van der Waals surface area contributed by atoms with Gasteiger partial charge in [-0.2, -0.15) is 0 Å². The molecule has 1 aromatic rings. The molecule has 0 heterocycles. The summed E-state index contributed by atoms with van der Waals surface area (Å²) in [5.41, 5.74) is 8.19. The maximum Gasteiger partial charge on any atom is 0.0177 e. The van der Waals surface area contributed by atoms with E-state index in [1.807, 2.05) is 0 Å². The Morgan fingerprint density at radius 1 is 1.38 bits per heavy atom. The molecule has 0 saturated heterocycles. The molecule has 1 fully saturated rings. The predicted molar refractivity (Wildman–Crippen MR) is 72.3 cm³/mol. The predicted octanol–water partition coefficient (Wildman–Crippen LogP) is 3.76. The average molecular weight is 282 g/mol. The first-order chi connectivity index (χ1) is 7.49. The van der Waals surface area contributed by atoms with Gasteiger partial charge in [-0.25, -0.2) is 0 Å². The van der Waals surface area contributed by atoms with E-state index in [2.05, 4.69) is 54.0 Å². The van der Waals surface area contributed by atoms with Gasteiger partial charge in [-0.05, 0) is 54.3 Å². The van der Waals surface area contributed by atoms with Gasteiger partial charge in [-0.15, -0.1) is 0 Å². The van der Waals surface area contributed by atoms with Crippen molar-refractivity contribution in [1.29, 1.82) is 0 Å². The fraction of sp³-hybridized carbons (Fsp3) is 0.571. The summed E-state index contributed by atoms with van der Waals surface area (Å²) in [4.78, 5) is 0. The number of rotatable bonds is 4. The number of hydrogen-bond acceptors (Lipinski definition) is 1. The molecule has 2 N–H and O–H groups in total. The number of aryl methyl sites for hydroxylation is 1. The topological polar surface area (TPSA) is 26.0 Å². The largest absolute Gasteiger partial charge is 0.330 e. The summed E-state index contributed by atoms with van der Waals surface area (Å²) in [6.45, 7) is 5.50. The van der Waals surface area contributed by atoms with Crippen molar-refractivity contribution >= 4 is 15.9 Å². The second-order valence-corrected chi connectivity index (χ2v) is 6.59. The molecule has 2 heteroatoms. The smallest absolute Gasteiger partial charge is 0.0177 e. The lowest BCUT2D eigenvalue weighted by atomic mass is 9.89. The van der Waals surface area contributed by atoms with E-state index in [1.54, 1.807) is 0 Å². The van der Waals surface area contributed by atoms with Gasteiger partial charge in [0.2, 0.25) is 0 Å². The minimum Gasteiger partial charge on any atom is -0.330 e. The molecule has 1 saturated carbocycles. The molecule has 0 bridgehead atoms. The Kier molecular flexibility index (Phi) is 3.15. The summed E-state index contributed by atoms with van der Waals surface area (Å²) in [5.74, 6) is 0. The van der Waals surface area contributed by atoms with Gasteiger partial charge in [0.1, 0.15) is 0 Å². The van der Waals surface area contributed by atoms with Crippen molar-refractivity contribution in [3.05, 3.63) is 34.3 Å². The number of hydrogen-bond donors (Lipinski definition) is 1. The molecular formula is C14H20BrN. The molecule has 0 spiro atoms. The van der Waals surface area contributed by atoms with Gasteiger partial charge in [0.05, 0.1) is 0 Å². The molecule has 1 unspecified atom stereocenters. The standard InChI is InChI=1S/C14H20BrN/c1-13(2)9-14(13,10-16)7-6-11-4-3-5-12(15)8-11/h3-5,8H,6-7,9-10,16H2,1-2H3. The Bertz CT molecular complexity index is 386. The first kappa shape index (κ1) is 12.1. The number of halogens is 1. The Morgan fingerprint density at radius 2 is 2.06 bits per heavy atom. The summed E-state index contributed by atoms with van der Waals surface area (Å²) in [6.07, 6.45) is 3.64. The lowest BCUT2D eigenvalue weighted by Crippen LogP contribution is -2.21. The third-order valence-electron chi connectivity index (χ3n) is 4.26. The van der Waals surface area contributed by atoms with Crippen LogP contribution in [0.5, 0.6) is 0 Å². The first-order valence-corrected chi connectivity index (χ1v) is 6.73. The van der Waals surface area contributed by atoms with Crippen molar-refractivity contribution in [3.8, 4) is 0 Å². The van der Waals surface area contributed by atoms with Crippen molar-refractivity contribution in [2.75, 3.05) is 6.54 Å². The minimum atomic E-state index is 0.398. The number of nitrogens with two attached hydrogens (primary N) is 1. The van der Waals surface area contributed by atoms with Gasteiger partial charge in [0.15, 0.2) is 0 Å². The van der Waals surface area contributed by atoms with Crippen molar-refractivity contribution in [2.45, 2.75) is 33.1 Å². The molecule has 1 atom stereocenters. The highest BCUT2D eigenvalue weighted by Gasteiger charge is 2.58. The molecule has 1 aromatic carbocycles. The molecule has 88 valence electrons. The summed E-state index contributed by atoms with van der Waals surface area (Å²) in [5, 5.41) is 0. The normalized spacial score (nSPS) is 26.8. The second-order valence-electron chi connectivity index (χ2n) is 5.68. The van der Waals surface area contributed by atoms with Crippen LogP contribution in [0.4, 0.5) is 0 Å². The molecule has 0 aliphatic heterocycles. The molecule has 1 aliphatic carbocycles. The van der Waals surface area contributed by atoms with Crippen molar-refractivity contribution in [2.24, 2.45) is 16.6 Å². The van der Waals surface area contributed by atoms with E-state index in [-0.39, 0.29) is 0 Å². The molecule has 1 nitrogen and oxygen atoms in total. The van der Waals surface area contributed by atoms with Crippen LogP contribution in [0, 0.1) is 10.8 Å². The van der Waals surface area contributed by atoms with E-state index in [0.29, 0.717) is 10.8 Å². The zero-order valence-electron chi connectivity index (χ0n) is 10.1. The van der Waals surface area contributed by atoms with Crippen molar-refractivity contribution < 1.29 is 0 Å². The van der Waals surface area contributed by atoms with Crippen LogP contribution in [0.25, 0.3) is 0 Å². The molecular weight excluding hydrogens is 262 g/mol. The zero-order chi connectivity index (χ0) is 11.8. The maximum atomic E-state index is 5.93. The van der Waals surface area contributed by atoms with Crippen LogP contribution >= 0.6 is 15.9 Å². The lowest BCUT2D eigenvalue weighted by molar-refractivity contribution is 0.365. The van der Waals surface area contributed by atoms with Gasteiger partial charge in [-0.3, -0.25) is 0 Å². The van der Waals surface area contributed by atoms with Gasteiger partial charge in [-0.1, -0.05) is 41.9 Å². The molecule has 0 aromatic heterocycles. The van der Waals surface area contributed by atoms with Crippen molar-refractivity contribution in [3.63, 3.8) is 0 Å². The van der Waals surface area contributed by atoms with E-state index < -0.39 is 0 Å². The van der Waals surface area contributed by atoms with E-state index in [0.717, 1.165) is 13.0 Å². The monoisotopic (exact) mass is 281 g/mol. The highest BCUT2D eigenvalue weighted by Crippen LogP contribution is 2.65. The average Bonchev–Trinajstić information content (AvgIpc) is 2.79. The van der Waals surface area contributed by atoms with E-state index in [4.69, 9.17) is 5.73 Å². The fourth-order valence-electron chi connectivity index (χ4n) is 2.76. The van der Waals surface area contributed by atoms with Crippen LogP contribution in [0.15, 0.2) is 28.7 Å². The quantitative estimate of drug-likeness (QED) is 0.894. The van der Waals surface area contributed by atoms with Crippen LogP contribution in [-0.2, 0) is 6.42 Å². The van der Waals surface area contributed by atoms with E-state index in [1.165, 1.54) is 22.9 Å². The highest BCUT2D eigenvalue weighted by molar-refractivity contribution is 9.10. The van der Waals surface area contributed by atoms with Gasteiger partial charge < -0.3 is 5.73 Å². The van der Waals surface area contributed by atoms with Crippen LogP contribution in [0.2, 0.25) is 0 Å². The van der Waals surface area contributed by atoms with Crippen molar-refractivity contribution in [1.82, 2.24) is 0 Å². The Balaban J connectivity index is 1.98. The summed E-state index contributed by atoms with van der Waals surface area (Å²) < 4.78 is 1.17. The molecule has 16 heavy (non-hydrogen) atoms. The second kappa shape index (κ2) is 4.15. The minimum absolute atomic E-state index is 0.398. The molecule has 1 aliphatic rings. The lowest BCUT2D eigenvalue weighted by Gasteiger charge is -2.18. The van der Waals surface area contributed by atoms with Crippen LogP contribution in [-0.4, -0.2) is 6.54 Å². The Labute approximate surface area is 107 Å². The third kappa shape index (κ3) is 2.18. The fourth-order valence-corrected chi connectivity index (χ4v) is 3.20. The van der Waals surface area contributed by atoms with E-state index in [9.17, 15) is 0 Å². The molecule has 2 rings (SSSR count). The maximum absolute atomic E-state index is 5.93. The molecule has 0 radical (unpaired) electrons. The van der Waals surface area contributed by atoms with Crippen LogP contribution < -0.4 is 5.73 Å². The Hall–Kier alpha value is -0.340. The first-order valence-electron chi connectivity index (χ1n) is 5.94. The van der Waals surface area contributed by atoms with Crippen LogP contribution in [0.3, 0.4) is 0 Å². The van der Waals surface area contributed by atoms with Crippen LogP contribution in [0.1, 0.15) is 32.3 Å². The zero-order valence-corrected chi connectivity index (χ0v) is 11.7. The van der Waals surface area contributed by atoms with Gasteiger partial charge in [0.25, 0.3) is 0 Å². The van der Waals surface area contributed by atoms with Gasteiger partial charge >= 0.3 is 0 Å². The molecule has 0 amide bonds. The highest BCUT2D eigenvalue weighted by atomic mass is 79.9. The Morgan fingerprint density at radius 3 is 2.56 bits per heavy atom. The number of benzene rings is 1. The SMILES string of the molecule is CC1(C)CC1(CN)CCc1cccc(Br)c1. The van der Waals surface area contributed by atoms with Gasteiger partial charge in [0, 0.05) is 4.47 Å². The third-order valence-corrected chi connectivity index (χ3v) is 4.76.